The summed E-state index contributed by atoms with van der Waals surface area (Å²) in [4.78, 5) is 5.04. The molecular weight excluding hydrogens is 157 g/mol. The Labute approximate surface area is 71.3 Å². The summed E-state index contributed by atoms with van der Waals surface area (Å²) in [7, 11) is 0. The molecule has 0 saturated carbocycles. The third kappa shape index (κ3) is 2.88. The topological polar surface area (TPSA) is 21.3 Å². The summed E-state index contributed by atoms with van der Waals surface area (Å²) in [5, 5.41) is 0. The van der Waals surface area contributed by atoms with Gasteiger partial charge in [-0.05, 0) is 30.7 Å². The molecule has 0 radical (unpaired) electrons. The van der Waals surface area contributed by atoms with Crippen LogP contribution in [0.1, 0.15) is 13.3 Å². The molecule has 2 nitrogen and oxygen atoms in total. The highest BCUT2D eigenvalue weighted by Crippen LogP contribution is 2.07. The third-order valence-corrected chi connectivity index (χ3v) is 1.34. The Hall–Kier alpha value is -1.09. The van der Waals surface area contributed by atoms with E-state index in [0.29, 0.717) is 6.61 Å². The van der Waals surface area contributed by atoms with Crippen LogP contribution in [0.4, 0.5) is 10.1 Å². The average molecular weight is 169 g/mol. The van der Waals surface area contributed by atoms with Crippen LogP contribution in [0.5, 0.6) is 0 Å². The van der Waals surface area contributed by atoms with E-state index in [1.165, 1.54) is 12.1 Å². The van der Waals surface area contributed by atoms with Crippen LogP contribution in [0.25, 0.3) is 0 Å². The fourth-order valence-electron chi connectivity index (χ4n) is 0.754. The van der Waals surface area contributed by atoms with E-state index in [9.17, 15) is 4.39 Å². The lowest BCUT2D eigenvalue weighted by Crippen LogP contribution is -2.01. The van der Waals surface area contributed by atoms with Gasteiger partial charge >= 0.3 is 0 Å². The molecule has 12 heavy (non-hydrogen) atoms. The molecule has 0 aromatic heterocycles. The number of hydrogen-bond acceptors (Lipinski definition) is 2. The Morgan fingerprint density at radius 1 is 1.33 bits per heavy atom. The highest BCUT2D eigenvalue weighted by atomic mass is 19.1. The average Bonchev–Trinajstić information content (AvgIpc) is 2.09. The second kappa shape index (κ2) is 4.72. The van der Waals surface area contributed by atoms with Crippen LogP contribution in [0.3, 0.4) is 0 Å². The highest BCUT2D eigenvalue weighted by Gasteiger charge is 1.91. The lowest BCUT2D eigenvalue weighted by Gasteiger charge is -2.04. The second-order valence-electron chi connectivity index (χ2n) is 2.46. The van der Waals surface area contributed by atoms with Gasteiger partial charge < -0.3 is 0 Å². The van der Waals surface area contributed by atoms with Crippen molar-refractivity contribution in [2.24, 2.45) is 0 Å². The Bertz CT molecular complexity index is 222. The second-order valence-corrected chi connectivity index (χ2v) is 2.46. The van der Waals surface area contributed by atoms with Gasteiger partial charge in [-0.25, -0.2) is 4.39 Å². The molecule has 0 amide bonds. The number of benzene rings is 1. The van der Waals surface area contributed by atoms with Crippen molar-refractivity contribution in [2.45, 2.75) is 13.3 Å². The van der Waals surface area contributed by atoms with Gasteiger partial charge in [-0.3, -0.25) is 10.3 Å². The van der Waals surface area contributed by atoms with Crippen molar-refractivity contribution in [1.82, 2.24) is 0 Å². The fourth-order valence-corrected chi connectivity index (χ4v) is 0.754. The van der Waals surface area contributed by atoms with Crippen molar-refractivity contribution < 1.29 is 9.23 Å². The van der Waals surface area contributed by atoms with Gasteiger partial charge in [0.25, 0.3) is 0 Å². The number of hydrogen-bond donors (Lipinski definition) is 1. The van der Waals surface area contributed by atoms with E-state index in [1.807, 2.05) is 6.92 Å². The van der Waals surface area contributed by atoms with Crippen molar-refractivity contribution in [3.63, 3.8) is 0 Å². The maximum atomic E-state index is 12.4. The van der Waals surface area contributed by atoms with E-state index >= 15 is 0 Å². The molecule has 1 aromatic carbocycles. The van der Waals surface area contributed by atoms with Crippen LogP contribution in [-0.2, 0) is 4.84 Å². The zero-order valence-corrected chi connectivity index (χ0v) is 7.01. The molecule has 0 spiro atoms. The summed E-state index contributed by atoms with van der Waals surface area (Å²) in [5.74, 6) is -0.240. The van der Waals surface area contributed by atoms with Gasteiger partial charge in [-0.15, -0.1) is 0 Å². The van der Waals surface area contributed by atoms with Crippen LogP contribution < -0.4 is 5.48 Å². The summed E-state index contributed by atoms with van der Waals surface area (Å²) in [6.45, 7) is 2.67. The van der Waals surface area contributed by atoms with Gasteiger partial charge in [0, 0.05) is 0 Å². The minimum absolute atomic E-state index is 0.240. The van der Waals surface area contributed by atoms with E-state index in [0.717, 1.165) is 12.1 Å². The summed E-state index contributed by atoms with van der Waals surface area (Å²) in [5.41, 5.74) is 3.47. The summed E-state index contributed by atoms with van der Waals surface area (Å²) < 4.78 is 12.4. The fraction of sp³-hybridized carbons (Fsp3) is 0.333. The molecule has 0 aliphatic rings. The first-order chi connectivity index (χ1) is 5.83. The highest BCUT2D eigenvalue weighted by molar-refractivity contribution is 5.40. The zero-order chi connectivity index (χ0) is 8.81. The van der Waals surface area contributed by atoms with Crippen molar-refractivity contribution >= 4 is 5.69 Å². The minimum Gasteiger partial charge on any atom is -0.276 e. The molecule has 0 aliphatic heterocycles. The molecule has 0 heterocycles. The van der Waals surface area contributed by atoms with Crippen LogP contribution in [0.2, 0.25) is 0 Å². The van der Waals surface area contributed by atoms with Gasteiger partial charge in [-0.2, -0.15) is 0 Å². The minimum atomic E-state index is -0.240. The Morgan fingerprint density at radius 3 is 2.58 bits per heavy atom. The first kappa shape index (κ1) is 9.00. The molecule has 0 aliphatic carbocycles. The Morgan fingerprint density at radius 2 is 2.00 bits per heavy atom. The predicted molar refractivity (Wildman–Crippen MR) is 46.3 cm³/mol. The molecule has 0 atom stereocenters. The number of anilines is 1. The largest absolute Gasteiger partial charge is 0.276 e. The molecule has 0 unspecified atom stereocenters. The van der Waals surface area contributed by atoms with Crippen molar-refractivity contribution in [1.29, 1.82) is 0 Å². The SMILES string of the molecule is CCCONc1ccc(F)cc1. The maximum absolute atomic E-state index is 12.4. The number of halogens is 1. The Kier molecular flexibility index (Phi) is 3.54. The number of nitrogens with one attached hydrogen (secondary N) is 1. The number of rotatable bonds is 4. The molecule has 0 fully saturated rings. The van der Waals surface area contributed by atoms with Crippen LogP contribution in [-0.4, -0.2) is 6.61 Å². The molecule has 66 valence electrons. The van der Waals surface area contributed by atoms with Gasteiger partial charge in [-0.1, -0.05) is 6.92 Å². The van der Waals surface area contributed by atoms with Gasteiger partial charge in [0.05, 0.1) is 12.3 Å². The first-order valence-electron chi connectivity index (χ1n) is 3.96. The van der Waals surface area contributed by atoms with E-state index < -0.39 is 0 Å². The molecular formula is C9H12FNO. The first-order valence-corrected chi connectivity index (χ1v) is 3.96. The zero-order valence-electron chi connectivity index (χ0n) is 7.01. The summed E-state index contributed by atoms with van der Waals surface area (Å²) in [6, 6.07) is 6.03. The van der Waals surface area contributed by atoms with E-state index in [-0.39, 0.29) is 5.82 Å². The molecule has 1 N–H and O–H groups in total. The van der Waals surface area contributed by atoms with Crippen molar-refractivity contribution in [3.05, 3.63) is 30.1 Å². The predicted octanol–water partition coefficient (Wildman–Crippen LogP) is 2.58. The molecule has 1 rings (SSSR count). The quantitative estimate of drug-likeness (QED) is 0.552. The molecule has 0 bridgehead atoms. The van der Waals surface area contributed by atoms with E-state index in [2.05, 4.69) is 5.48 Å². The standard InChI is InChI=1S/C9H12FNO/c1-2-7-12-11-9-5-3-8(10)4-6-9/h3-6,11H,2,7H2,1H3. The summed E-state index contributed by atoms with van der Waals surface area (Å²) in [6.07, 6.45) is 0.953. The van der Waals surface area contributed by atoms with Crippen molar-refractivity contribution in [3.8, 4) is 0 Å². The van der Waals surface area contributed by atoms with Crippen LogP contribution in [0, 0.1) is 5.82 Å². The smallest absolute Gasteiger partial charge is 0.123 e. The lowest BCUT2D eigenvalue weighted by molar-refractivity contribution is 0.194. The van der Waals surface area contributed by atoms with Crippen LogP contribution in [0.15, 0.2) is 24.3 Å². The summed E-state index contributed by atoms with van der Waals surface area (Å²) >= 11 is 0. The molecule has 1 aromatic rings. The normalized spacial score (nSPS) is 9.83. The van der Waals surface area contributed by atoms with Crippen LogP contribution >= 0.6 is 0 Å². The van der Waals surface area contributed by atoms with Gasteiger partial charge in [0.15, 0.2) is 0 Å². The molecule has 0 saturated heterocycles. The maximum Gasteiger partial charge on any atom is 0.123 e. The van der Waals surface area contributed by atoms with E-state index in [4.69, 9.17) is 4.84 Å². The van der Waals surface area contributed by atoms with E-state index in [1.54, 1.807) is 12.1 Å². The third-order valence-electron chi connectivity index (χ3n) is 1.34. The monoisotopic (exact) mass is 169 g/mol. The van der Waals surface area contributed by atoms with Crippen molar-refractivity contribution in [2.75, 3.05) is 12.1 Å². The molecule has 3 heteroatoms. The lowest BCUT2D eigenvalue weighted by atomic mass is 10.3. The van der Waals surface area contributed by atoms with Gasteiger partial charge in [0.2, 0.25) is 0 Å². The Balaban J connectivity index is 2.37. The van der Waals surface area contributed by atoms with Gasteiger partial charge in [0.1, 0.15) is 5.82 Å².